The number of nitrogens with zero attached hydrogens (tertiary/aromatic N) is 1. The molecule has 0 bridgehead atoms. The van der Waals surface area contributed by atoms with Crippen LogP contribution in [-0.2, 0) is 16.6 Å². The minimum Gasteiger partial charge on any atom is -0.506 e. The summed E-state index contributed by atoms with van der Waals surface area (Å²) in [5, 5.41) is 10.1. The molecular formula is C15H16N2O3S. The van der Waals surface area contributed by atoms with Crippen molar-refractivity contribution in [2.24, 2.45) is 0 Å². The van der Waals surface area contributed by atoms with Gasteiger partial charge in [-0.2, -0.15) is 13.1 Å². The fraction of sp³-hybridized carbons (Fsp3) is 0.200. The summed E-state index contributed by atoms with van der Waals surface area (Å²) in [5.74, 6) is -0.0179. The average Bonchev–Trinajstić information content (AvgIpc) is 2.80. The van der Waals surface area contributed by atoms with E-state index >= 15 is 0 Å². The highest BCUT2D eigenvalue weighted by atomic mass is 32.2. The van der Waals surface area contributed by atoms with Gasteiger partial charge in [0, 0.05) is 13.1 Å². The largest absolute Gasteiger partial charge is 0.506 e. The molecule has 1 aliphatic rings. The van der Waals surface area contributed by atoms with Crippen molar-refractivity contribution in [2.45, 2.75) is 6.42 Å². The summed E-state index contributed by atoms with van der Waals surface area (Å²) in [6, 6.07) is 15.0. The van der Waals surface area contributed by atoms with Crippen molar-refractivity contribution in [2.75, 3.05) is 17.4 Å². The van der Waals surface area contributed by atoms with E-state index in [4.69, 9.17) is 0 Å². The number of anilines is 1. The second-order valence-corrected chi connectivity index (χ2v) is 6.64. The minimum atomic E-state index is -3.51. The molecule has 0 saturated carbocycles. The summed E-state index contributed by atoms with van der Waals surface area (Å²) in [7, 11) is -3.51. The van der Waals surface area contributed by atoms with Gasteiger partial charge in [-0.1, -0.05) is 36.4 Å². The van der Waals surface area contributed by atoms with Gasteiger partial charge in [0.25, 0.3) is 0 Å². The van der Waals surface area contributed by atoms with Gasteiger partial charge >= 0.3 is 10.2 Å². The second-order valence-electron chi connectivity index (χ2n) is 4.96. The summed E-state index contributed by atoms with van der Waals surface area (Å²) in [6.45, 7) is 0.682. The zero-order valence-corrected chi connectivity index (χ0v) is 12.2. The van der Waals surface area contributed by atoms with Gasteiger partial charge in [-0.25, -0.2) is 0 Å². The Morgan fingerprint density at radius 1 is 1.10 bits per heavy atom. The lowest BCUT2D eigenvalue weighted by Crippen LogP contribution is -2.29. The van der Waals surface area contributed by atoms with Crippen LogP contribution in [0.4, 0.5) is 5.69 Å². The molecule has 2 N–H and O–H groups in total. The number of rotatable bonds is 3. The summed E-state index contributed by atoms with van der Waals surface area (Å²) in [6.07, 6.45) is 0.694. The van der Waals surface area contributed by atoms with Crippen LogP contribution >= 0.6 is 0 Å². The van der Waals surface area contributed by atoms with Crippen LogP contribution in [0.1, 0.15) is 11.1 Å². The number of benzene rings is 2. The molecular weight excluding hydrogens is 288 g/mol. The Labute approximate surface area is 124 Å². The zero-order chi connectivity index (χ0) is 14.9. The maximum absolute atomic E-state index is 11.8. The van der Waals surface area contributed by atoms with E-state index in [1.54, 1.807) is 12.1 Å². The Kier molecular flexibility index (Phi) is 3.57. The third kappa shape index (κ3) is 2.86. The lowest BCUT2D eigenvalue weighted by molar-refractivity contribution is 0.475. The summed E-state index contributed by atoms with van der Waals surface area (Å²) < 4.78 is 27.2. The molecule has 21 heavy (non-hydrogen) atoms. The quantitative estimate of drug-likeness (QED) is 0.905. The summed E-state index contributed by atoms with van der Waals surface area (Å²) in [5.41, 5.74) is 2.39. The number of nitrogens with one attached hydrogen (secondary N) is 1. The van der Waals surface area contributed by atoms with E-state index in [0.717, 1.165) is 11.1 Å². The van der Waals surface area contributed by atoms with Crippen molar-refractivity contribution in [1.29, 1.82) is 0 Å². The highest BCUT2D eigenvalue weighted by Gasteiger charge is 2.29. The average molecular weight is 304 g/mol. The third-order valence-electron chi connectivity index (χ3n) is 3.45. The second kappa shape index (κ2) is 5.38. The monoisotopic (exact) mass is 304 g/mol. The van der Waals surface area contributed by atoms with Gasteiger partial charge in [0.1, 0.15) is 5.75 Å². The van der Waals surface area contributed by atoms with E-state index in [2.05, 4.69) is 4.72 Å². The van der Waals surface area contributed by atoms with Gasteiger partial charge in [-0.05, 0) is 29.7 Å². The minimum absolute atomic E-state index is 0.0179. The first kappa shape index (κ1) is 13.9. The molecule has 1 heterocycles. The zero-order valence-electron chi connectivity index (χ0n) is 11.4. The predicted molar refractivity (Wildman–Crippen MR) is 81.6 cm³/mol. The van der Waals surface area contributed by atoms with Gasteiger partial charge in [0.05, 0.1) is 5.69 Å². The standard InChI is InChI=1S/C15H16N2O3S/c18-15-11-13(10-12-4-2-1-3-5-12)6-7-14(15)17-9-8-16-21(17,19)20/h1-7,11,16,18H,8-10H2. The number of hydrogen-bond donors (Lipinski definition) is 2. The maximum atomic E-state index is 11.8. The van der Waals surface area contributed by atoms with Crippen LogP contribution < -0.4 is 9.03 Å². The molecule has 110 valence electrons. The van der Waals surface area contributed by atoms with Crippen molar-refractivity contribution in [3.8, 4) is 5.75 Å². The Morgan fingerprint density at radius 2 is 1.86 bits per heavy atom. The highest BCUT2D eigenvalue weighted by molar-refractivity contribution is 7.91. The van der Waals surface area contributed by atoms with Gasteiger partial charge in [0.15, 0.2) is 0 Å². The van der Waals surface area contributed by atoms with Crippen LogP contribution in [0.5, 0.6) is 5.75 Å². The fourth-order valence-electron chi connectivity index (χ4n) is 2.45. The van der Waals surface area contributed by atoms with Crippen molar-refractivity contribution in [3.63, 3.8) is 0 Å². The molecule has 1 saturated heterocycles. The van der Waals surface area contributed by atoms with Crippen LogP contribution in [-0.4, -0.2) is 26.6 Å². The molecule has 5 nitrogen and oxygen atoms in total. The number of phenols is 1. The normalized spacial score (nSPS) is 17.0. The third-order valence-corrected chi connectivity index (χ3v) is 4.98. The van der Waals surface area contributed by atoms with E-state index in [1.807, 2.05) is 36.4 Å². The van der Waals surface area contributed by atoms with Crippen LogP contribution in [0.25, 0.3) is 0 Å². The predicted octanol–water partition coefficient (Wildman–Crippen LogP) is 1.64. The van der Waals surface area contributed by atoms with Gasteiger partial charge < -0.3 is 5.11 Å². The van der Waals surface area contributed by atoms with E-state index < -0.39 is 10.2 Å². The number of phenolic OH excluding ortho intramolecular Hbond substituents is 1. The Bertz CT molecular complexity index is 745. The van der Waals surface area contributed by atoms with Crippen LogP contribution in [0.2, 0.25) is 0 Å². The summed E-state index contributed by atoms with van der Waals surface area (Å²) in [4.78, 5) is 0. The smallest absolute Gasteiger partial charge is 0.301 e. The molecule has 2 aromatic carbocycles. The van der Waals surface area contributed by atoms with Crippen LogP contribution in [0.15, 0.2) is 48.5 Å². The molecule has 0 radical (unpaired) electrons. The van der Waals surface area contributed by atoms with Gasteiger partial charge in [0.2, 0.25) is 0 Å². The lowest BCUT2D eigenvalue weighted by Gasteiger charge is -2.17. The van der Waals surface area contributed by atoms with Crippen molar-refractivity contribution in [3.05, 3.63) is 59.7 Å². The Morgan fingerprint density at radius 3 is 2.48 bits per heavy atom. The molecule has 6 heteroatoms. The fourth-order valence-corrected chi connectivity index (χ4v) is 3.70. The Hall–Kier alpha value is -2.05. The molecule has 1 fully saturated rings. The van der Waals surface area contributed by atoms with Crippen molar-refractivity contribution < 1.29 is 13.5 Å². The molecule has 0 aromatic heterocycles. The molecule has 0 spiro atoms. The molecule has 2 aromatic rings. The molecule has 0 atom stereocenters. The van der Waals surface area contributed by atoms with E-state index in [9.17, 15) is 13.5 Å². The van der Waals surface area contributed by atoms with E-state index in [0.29, 0.717) is 25.2 Å². The number of hydrogen-bond acceptors (Lipinski definition) is 3. The van der Waals surface area contributed by atoms with E-state index in [-0.39, 0.29) is 5.75 Å². The number of aromatic hydroxyl groups is 1. The van der Waals surface area contributed by atoms with E-state index in [1.165, 1.54) is 4.31 Å². The lowest BCUT2D eigenvalue weighted by atomic mass is 10.0. The first-order chi connectivity index (χ1) is 10.1. The van der Waals surface area contributed by atoms with Crippen molar-refractivity contribution >= 4 is 15.9 Å². The topological polar surface area (TPSA) is 69.6 Å². The van der Waals surface area contributed by atoms with Crippen LogP contribution in [0.3, 0.4) is 0 Å². The maximum Gasteiger partial charge on any atom is 0.301 e. The van der Waals surface area contributed by atoms with Crippen molar-refractivity contribution in [1.82, 2.24) is 4.72 Å². The first-order valence-electron chi connectivity index (χ1n) is 6.69. The molecule has 0 amide bonds. The summed E-state index contributed by atoms with van der Waals surface area (Å²) >= 11 is 0. The molecule has 3 rings (SSSR count). The van der Waals surface area contributed by atoms with Gasteiger partial charge in [-0.3, -0.25) is 4.31 Å². The highest BCUT2D eigenvalue weighted by Crippen LogP contribution is 2.31. The molecule has 0 unspecified atom stereocenters. The molecule has 1 aliphatic heterocycles. The Balaban J connectivity index is 1.87. The van der Waals surface area contributed by atoms with Gasteiger partial charge in [-0.15, -0.1) is 0 Å². The molecule has 0 aliphatic carbocycles. The first-order valence-corrected chi connectivity index (χ1v) is 8.13. The SMILES string of the molecule is O=S1(=O)NCCN1c1ccc(Cc2ccccc2)cc1O. The van der Waals surface area contributed by atoms with Crippen LogP contribution in [0, 0.1) is 0 Å².